The predicted octanol–water partition coefficient (Wildman–Crippen LogP) is 3.15. The number of benzene rings is 1. The first-order valence-electron chi connectivity index (χ1n) is 4.40. The van der Waals surface area contributed by atoms with E-state index in [9.17, 15) is 14.5 Å². The molecule has 0 spiro atoms. The van der Waals surface area contributed by atoms with Crippen LogP contribution in [0.25, 0.3) is 6.08 Å². The second-order valence-corrected chi connectivity index (χ2v) is 3.12. The third-order valence-electron chi connectivity index (χ3n) is 2.13. The smallest absolute Gasteiger partial charge is 0.258 e. The maximum atomic E-state index is 12.5. The van der Waals surface area contributed by atoms with E-state index in [0.717, 1.165) is 0 Å². The molecule has 0 heterocycles. The molecule has 1 aromatic rings. The molecule has 0 amide bonds. The summed E-state index contributed by atoms with van der Waals surface area (Å²) >= 11 is 0. The molecular formula is C11H11FNO2. The molecule has 0 saturated carbocycles. The number of nitrogens with zero attached hydrogens (tertiary/aromatic N) is 1. The minimum atomic E-state index is -0.693. The topological polar surface area (TPSA) is 43.1 Å². The molecule has 1 radical (unpaired) electrons. The van der Waals surface area contributed by atoms with Crippen LogP contribution in [0, 0.1) is 16.0 Å². The first-order chi connectivity index (χ1) is 7.11. The molecule has 0 aromatic heterocycles. The average Bonchev–Trinajstić information content (AvgIpc) is 2.26. The lowest BCUT2D eigenvalue weighted by molar-refractivity contribution is -0.385. The summed E-state index contributed by atoms with van der Waals surface area (Å²) in [6.45, 7) is 4.34. The van der Waals surface area contributed by atoms with Crippen LogP contribution >= 0.6 is 0 Å². The fourth-order valence-electron chi connectivity index (χ4n) is 1.35. The van der Waals surface area contributed by atoms with E-state index in [1.807, 2.05) is 0 Å². The molecule has 0 unspecified atom stereocenters. The van der Waals surface area contributed by atoms with E-state index in [2.05, 4.69) is 6.58 Å². The number of para-hydroxylation sites is 1. The SMILES string of the molecule is C=Cc1cccc([C](C)CF)c1[N+](=O)[O-]. The van der Waals surface area contributed by atoms with E-state index in [1.54, 1.807) is 18.2 Å². The van der Waals surface area contributed by atoms with Gasteiger partial charge in [0.1, 0.15) is 0 Å². The van der Waals surface area contributed by atoms with Crippen molar-refractivity contribution < 1.29 is 9.31 Å². The second-order valence-electron chi connectivity index (χ2n) is 3.12. The van der Waals surface area contributed by atoms with Crippen LogP contribution in [0.5, 0.6) is 0 Å². The Hall–Kier alpha value is -1.71. The summed E-state index contributed by atoms with van der Waals surface area (Å²) in [6.07, 6.45) is 1.40. The van der Waals surface area contributed by atoms with Gasteiger partial charge in [0.25, 0.3) is 5.69 Å². The Balaban J connectivity index is 3.37. The predicted molar refractivity (Wildman–Crippen MR) is 57.2 cm³/mol. The number of nitro benzene ring substituents is 1. The Morgan fingerprint density at radius 3 is 2.80 bits per heavy atom. The summed E-state index contributed by atoms with van der Waals surface area (Å²) in [5.74, 6) is 0.352. The van der Waals surface area contributed by atoms with E-state index in [-0.39, 0.29) is 5.69 Å². The molecule has 1 aromatic carbocycles. The number of rotatable bonds is 4. The lowest BCUT2D eigenvalue weighted by atomic mass is 9.97. The van der Waals surface area contributed by atoms with Crippen LogP contribution in [0.3, 0.4) is 0 Å². The van der Waals surface area contributed by atoms with Crippen LogP contribution in [0.4, 0.5) is 10.1 Å². The molecule has 0 fully saturated rings. The number of halogens is 1. The van der Waals surface area contributed by atoms with Gasteiger partial charge in [0.2, 0.25) is 0 Å². The van der Waals surface area contributed by atoms with Crippen molar-refractivity contribution in [3.8, 4) is 0 Å². The number of hydrogen-bond donors (Lipinski definition) is 0. The van der Waals surface area contributed by atoms with Crippen molar-refractivity contribution in [1.82, 2.24) is 0 Å². The lowest BCUT2D eigenvalue weighted by Gasteiger charge is -2.08. The third-order valence-corrected chi connectivity index (χ3v) is 2.13. The van der Waals surface area contributed by atoms with Crippen LogP contribution in [0.1, 0.15) is 18.1 Å². The Bertz CT molecular complexity index is 390. The van der Waals surface area contributed by atoms with Gasteiger partial charge in [0.15, 0.2) is 0 Å². The first-order valence-corrected chi connectivity index (χ1v) is 4.40. The van der Waals surface area contributed by atoms with E-state index in [0.29, 0.717) is 17.0 Å². The zero-order chi connectivity index (χ0) is 11.4. The summed E-state index contributed by atoms with van der Waals surface area (Å²) in [4.78, 5) is 10.3. The van der Waals surface area contributed by atoms with Gasteiger partial charge < -0.3 is 0 Å². The lowest BCUT2D eigenvalue weighted by Crippen LogP contribution is -2.03. The molecule has 1 rings (SSSR count). The van der Waals surface area contributed by atoms with Gasteiger partial charge in [-0.05, 0) is 6.07 Å². The summed E-state index contributed by atoms with van der Waals surface area (Å²) in [6, 6.07) is 4.78. The maximum Gasteiger partial charge on any atom is 0.280 e. The standard InChI is InChI=1S/C11H11FNO2/c1-3-9-5-4-6-10(8(2)7-12)11(9)13(14)15/h3-6H,1,7H2,2H3. The van der Waals surface area contributed by atoms with Crippen molar-refractivity contribution in [1.29, 1.82) is 0 Å². The molecule has 4 heteroatoms. The molecule has 15 heavy (non-hydrogen) atoms. The maximum absolute atomic E-state index is 12.5. The van der Waals surface area contributed by atoms with Gasteiger partial charge in [0.05, 0.1) is 17.2 Å². The van der Waals surface area contributed by atoms with Gasteiger partial charge in [-0.25, -0.2) is 0 Å². The Morgan fingerprint density at radius 2 is 2.33 bits per heavy atom. The molecular weight excluding hydrogens is 197 g/mol. The summed E-state index contributed by atoms with van der Waals surface area (Å²) in [7, 11) is 0. The summed E-state index contributed by atoms with van der Waals surface area (Å²) in [5, 5.41) is 10.8. The third kappa shape index (κ3) is 2.21. The largest absolute Gasteiger partial charge is 0.280 e. The van der Waals surface area contributed by atoms with Gasteiger partial charge in [0, 0.05) is 11.5 Å². The minimum absolute atomic E-state index is 0.0809. The van der Waals surface area contributed by atoms with Crippen molar-refractivity contribution in [3.63, 3.8) is 0 Å². The molecule has 0 aliphatic rings. The minimum Gasteiger partial charge on any atom is -0.258 e. The van der Waals surface area contributed by atoms with Crippen molar-refractivity contribution >= 4 is 11.8 Å². The first kappa shape index (κ1) is 11.4. The second kappa shape index (κ2) is 4.68. The van der Waals surface area contributed by atoms with E-state index in [1.165, 1.54) is 13.0 Å². The van der Waals surface area contributed by atoms with Crippen LogP contribution in [0.15, 0.2) is 24.8 Å². The monoisotopic (exact) mass is 208 g/mol. The van der Waals surface area contributed by atoms with Gasteiger partial charge in [-0.2, -0.15) is 0 Å². The van der Waals surface area contributed by atoms with Crippen LogP contribution in [0.2, 0.25) is 0 Å². The van der Waals surface area contributed by atoms with Crippen LogP contribution in [-0.2, 0) is 0 Å². The van der Waals surface area contributed by atoms with Crippen molar-refractivity contribution in [3.05, 3.63) is 51.9 Å². The molecule has 0 atom stereocenters. The molecule has 0 N–H and O–H groups in total. The van der Waals surface area contributed by atoms with Gasteiger partial charge in [-0.15, -0.1) is 0 Å². The van der Waals surface area contributed by atoms with Gasteiger partial charge in [-0.1, -0.05) is 31.7 Å². The molecule has 3 nitrogen and oxygen atoms in total. The van der Waals surface area contributed by atoms with Crippen molar-refractivity contribution in [2.45, 2.75) is 6.92 Å². The summed E-state index contributed by atoms with van der Waals surface area (Å²) in [5.41, 5.74) is 0.660. The Kier molecular flexibility index (Phi) is 3.55. The van der Waals surface area contributed by atoms with Crippen molar-refractivity contribution in [2.24, 2.45) is 0 Å². The zero-order valence-electron chi connectivity index (χ0n) is 8.37. The van der Waals surface area contributed by atoms with Gasteiger partial charge in [-0.3, -0.25) is 14.5 Å². The number of alkyl halides is 1. The fraction of sp³-hybridized carbons (Fsp3) is 0.182. The van der Waals surface area contributed by atoms with Crippen LogP contribution < -0.4 is 0 Å². The van der Waals surface area contributed by atoms with Gasteiger partial charge >= 0.3 is 0 Å². The van der Waals surface area contributed by atoms with Crippen LogP contribution in [-0.4, -0.2) is 11.6 Å². The number of nitro groups is 1. The number of hydrogen-bond acceptors (Lipinski definition) is 2. The Morgan fingerprint density at radius 1 is 1.67 bits per heavy atom. The highest BCUT2D eigenvalue weighted by Crippen LogP contribution is 2.30. The highest BCUT2D eigenvalue weighted by Gasteiger charge is 2.21. The van der Waals surface area contributed by atoms with E-state index >= 15 is 0 Å². The average molecular weight is 208 g/mol. The molecule has 0 bridgehead atoms. The zero-order valence-corrected chi connectivity index (χ0v) is 8.37. The normalized spacial score (nSPS) is 10.3. The van der Waals surface area contributed by atoms with Crippen molar-refractivity contribution in [2.75, 3.05) is 6.67 Å². The fourth-order valence-corrected chi connectivity index (χ4v) is 1.35. The Labute approximate surface area is 87.4 Å². The quantitative estimate of drug-likeness (QED) is 0.563. The summed E-state index contributed by atoms with van der Waals surface area (Å²) < 4.78 is 12.5. The van der Waals surface area contributed by atoms with E-state index < -0.39 is 11.6 Å². The molecule has 79 valence electrons. The molecule has 0 aliphatic carbocycles. The molecule has 0 aliphatic heterocycles. The van der Waals surface area contributed by atoms with E-state index in [4.69, 9.17) is 0 Å². The highest BCUT2D eigenvalue weighted by molar-refractivity contribution is 5.65. The molecule has 0 saturated heterocycles. The highest BCUT2D eigenvalue weighted by atomic mass is 19.1.